The van der Waals surface area contributed by atoms with E-state index in [-0.39, 0.29) is 24.6 Å². The number of aliphatic carboxylic acids is 1. The number of carboxylic acid groups (broad SMARTS) is 1. The number of carbonyl (C=O) groups is 1. The van der Waals surface area contributed by atoms with Gasteiger partial charge in [0.05, 0.1) is 6.42 Å². The first-order chi connectivity index (χ1) is 7.30. The molecule has 16 heavy (non-hydrogen) atoms. The van der Waals surface area contributed by atoms with Gasteiger partial charge in [0.2, 0.25) is 5.89 Å². The minimum atomic E-state index is -3.28. The number of nitrogens with zero attached hydrogens (tertiary/aromatic N) is 2. The molecule has 0 spiro atoms. The van der Waals surface area contributed by atoms with Gasteiger partial charge in [-0.15, -0.1) is 0 Å². The lowest BCUT2D eigenvalue weighted by atomic mass is 10.3. The summed E-state index contributed by atoms with van der Waals surface area (Å²) < 4.78 is 27.1. The number of hydrogen-bond acceptors (Lipinski definition) is 6. The van der Waals surface area contributed by atoms with Crippen LogP contribution in [0.4, 0.5) is 0 Å². The van der Waals surface area contributed by atoms with Gasteiger partial charge in [-0.2, -0.15) is 4.98 Å². The van der Waals surface area contributed by atoms with Crippen LogP contribution in [-0.4, -0.2) is 35.9 Å². The molecule has 8 heteroatoms. The SMILES string of the molecule is CC(c1noc(CCC(=O)O)n1)S(C)(=O)=O. The predicted molar refractivity (Wildman–Crippen MR) is 53.5 cm³/mol. The van der Waals surface area contributed by atoms with Gasteiger partial charge in [-0.05, 0) is 6.92 Å². The molecule has 90 valence electrons. The third kappa shape index (κ3) is 3.30. The van der Waals surface area contributed by atoms with Crippen molar-refractivity contribution in [1.29, 1.82) is 0 Å². The van der Waals surface area contributed by atoms with Crippen molar-refractivity contribution in [2.75, 3.05) is 6.26 Å². The third-order valence-corrected chi connectivity index (χ3v) is 3.54. The molecule has 0 saturated carbocycles. The molecule has 0 radical (unpaired) electrons. The van der Waals surface area contributed by atoms with Gasteiger partial charge in [0.25, 0.3) is 0 Å². The minimum absolute atomic E-state index is 0.0582. The molecule has 7 nitrogen and oxygen atoms in total. The molecule has 0 aliphatic heterocycles. The Morgan fingerprint density at radius 1 is 1.56 bits per heavy atom. The van der Waals surface area contributed by atoms with Crippen LogP contribution >= 0.6 is 0 Å². The molecule has 0 amide bonds. The maximum atomic E-state index is 11.2. The fourth-order valence-electron chi connectivity index (χ4n) is 0.940. The van der Waals surface area contributed by atoms with Crippen molar-refractivity contribution in [2.45, 2.75) is 25.0 Å². The number of aryl methyl sites for hydroxylation is 1. The highest BCUT2D eigenvalue weighted by atomic mass is 32.2. The highest BCUT2D eigenvalue weighted by Crippen LogP contribution is 2.17. The number of aromatic nitrogens is 2. The fraction of sp³-hybridized carbons (Fsp3) is 0.625. The molecule has 0 aliphatic carbocycles. The Bertz CT molecular complexity index is 478. The average Bonchev–Trinajstić information content (AvgIpc) is 2.60. The molecule has 0 fully saturated rings. The zero-order valence-electron chi connectivity index (χ0n) is 8.87. The normalized spacial score (nSPS) is 13.6. The summed E-state index contributed by atoms with van der Waals surface area (Å²) in [6.07, 6.45) is 1.04. The summed E-state index contributed by atoms with van der Waals surface area (Å²) in [7, 11) is -3.28. The monoisotopic (exact) mass is 248 g/mol. The van der Waals surface area contributed by atoms with Crippen LogP contribution in [0, 0.1) is 0 Å². The van der Waals surface area contributed by atoms with E-state index < -0.39 is 21.1 Å². The van der Waals surface area contributed by atoms with Crippen molar-refractivity contribution >= 4 is 15.8 Å². The largest absolute Gasteiger partial charge is 0.481 e. The second-order valence-corrected chi connectivity index (χ2v) is 5.78. The molecule has 1 N–H and O–H groups in total. The highest BCUT2D eigenvalue weighted by molar-refractivity contribution is 7.90. The molecule has 1 aromatic heterocycles. The minimum Gasteiger partial charge on any atom is -0.481 e. The van der Waals surface area contributed by atoms with E-state index in [0.29, 0.717) is 0 Å². The van der Waals surface area contributed by atoms with Gasteiger partial charge in [-0.25, -0.2) is 8.42 Å². The van der Waals surface area contributed by atoms with Gasteiger partial charge in [0.15, 0.2) is 15.7 Å². The summed E-state index contributed by atoms with van der Waals surface area (Å²) >= 11 is 0. The lowest BCUT2D eigenvalue weighted by molar-refractivity contribution is -0.137. The first-order valence-corrected chi connectivity index (χ1v) is 6.49. The van der Waals surface area contributed by atoms with Gasteiger partial charge < -0.3 is 9.63 Å². The van der Waals surface area contributed by atoms with Crippen LogP contribution in [0.3, 0.4) is 0 Å². The van der Waals surface area contributed by atoms with Gasteiger partial charge in [0.1, 0.15) is 5.25 Å². The Morgan fingerprint density at radius 3 is 2.69 bits per heavy atom. The van der Waals surface area contributed by atoms with Crippen LogP contribution in [-0.2, 0) is 21.1 Å². The van der Waals surface area contributed by atoms with E-state index in [4.69, 9.17) is 9.63 Å². The topological polar surface area (TPSA) is 110 Å². The first kappa shape index (κ1) is 12.6. The molecule has 1 aromatic rings. The smallest absolute Gasteiger partial charge is 0.303 e. The number of rotatable bonds is 5. The summed E-state index contributed by atoms with van der Waals surface area (Å²) in [5, 5.41) is 11.1. The molecular formula is C8H12N2O5S. The van der Waals surface area contributed by atoms with Crippen LogP contribution < -0.4 is 0 Å². The quantitative estimate of drug-likeness (QED) is 0.791. The summed E-state index contributed by atoms with van der Waals surface area (Å²) in [6, 6.07) is 0. The predicted octanol–water partition coefficient (Wildman–Crippen LogP) is 0.192. The summed E-state index contributed by atoms with van der Waals surface area (Å²) in [4.78, 5) is 14.1. The van der Waals surface area contributed by atoms with E-state index in [1.165, 1.54) is 6.92 Å². The van der Waals surface area contributed by atoms with Gasteiger partial charge in [0, 0.05) is 12.7 Å². The Hall–Kier alpha value is -1.44. The molecular weight excluding hydrogens is 236 g/mol. The van der Waals surface area contributed by atoms with Crippen molar-refractivity contribution in [1.82, 2.24) is 10.1 Å². The van der Waals surface area contributed by atoms with Crippen molar-refractivity contribution < 1.29 is 22.8 Å². The zero-order valence-corrected chi connectivity index (χ0v) is 9.69. The van der Waals surface area contributed by atoms with Crippen LogP contribution in [0.25, 0.3) is 0 Å². The fourth-order valence-corrected chi connectivity index (χ4v) is 1.42. The first-order valence-electron chi connectivity index (χ1n) is 4.54. The number of carboxylic acids is 1. The van der Waals surface area contributed by atoms with Crippen molar-refractivity contribution in [3.05, 3.63) is 11.7 Å². The zero-order chi connectivity index (χ0) is 12.3. The average molecular weight is 248 g/mol. The standard InChI is InChI=1S/C8H12N2O5S/c1-5(16(2,13)14)8-9-6(15-10-8)3-4-7(11)12/h5H,3-4H2,1-2H3,(H,11,12). The van der Waals surface area contributed by atoms with Gasteiger partial charge in [-0.3, -0.25) is 4.79 Å². The Morgan fingerprint density at radius 2 is 2.19 bits per heavy atom. The third-order valence-electron chi connectivity index (χ3n) is 2.04. The Balaban J connectivity index is 2.75. The molecule has 1 atom stereocenters. The second-order valence-electron chi connectivity index (χ2n) is 3.41. The lowest BCUT2D eigenvalue weighted by Gasteiger charge is -2.01. The number of hydrogen-bond donors (Lipinski definition) is 1. The summed E-state index contributed by atoms with van der Waals surface area (Å²) in [5.74, 6) is -0.785. The van der Waals surface area contributed by atoms with E-state index in [1.807, 2.05) is 0 Å². The molecule has 0 bridgehead atoms. The van der Waals surface area contributed by atoms with E-state index in [9.17, 15) is 13.2 Å². The van der Waals surface area contributed by atoms with Crippen molar-refractivity contribution in [2.24, 2.45) is 0 Å². The van der Waals surface area contributed by atoms with Crippen molar-refractivity contribution in [3.8, 4) is 0 Å². The van der Waals surface area contributed by atoms with E-state index in [2.05, 4.69) is 10.1 Å². The van der Waals surface area contributed by atoms with Crippen LogP contribution in [0.5, 0.6) is 0 Å². The summed E-state index contributed by atoms with van der Waals surface area (Å²) in [6.45, 7) is 1.45. The van der Waals surface area contributed by atoms with Crippen LogP contribution in [0.2, 0.25) is 0 Å². The van der Waals surface area contributed by atoms with Crippen LogP contribution in [0.15, 0.2) is 4.52 Å². The molecule has 0 aliphatic rings. The van der Waals surface area contributed by atoms with Gasteiger partial charge in [-0.1, -0.05) is 5.16 Å². The second kappa shape index (κ2) is 4.60. The van der Waals surface area contributed by atoms with E-state index in [1.54, 1.807) is 0 Å². The van der Waals surface area contributed by atoms with E-state index >= 15 is 0 Å². The van der Waals surface area contributed by atoms with Gasteiger partial charge >= 0.3 is 5.97 Å². The molecule has 0 aromatic carbocycles. The maximum absolute atomic E-state index is 11.2. The van der Waals surface area contributed by atoms with E-state index in [0.717, 1.165) is 6.26 Å². The Kier molecular flexibility index (Phi) is 3.63. The molecule has 1 rings (SSSR count). The molecule has 1 unspecified atom stereocenters. The maximum Gasteiger partial charge on any atom is 0.303 e. The summed E-state index contributed by atoms with van der Waals surface area (Å²) in [5.41, 5.74) is 0. The molecule has 1 heterocycles. The lowest BCUT2D eigenvalue weighted by Crippen LogP contribution is -2.09. The number of sulfone groups is 1. The Labute approximate surface area is 92.4 Å². The molecule has 0 saturated heterocycles. The van der Waals surface area contributed by atoms with Crippen molar-refractivity contribution in [3.63, 3.8) is 0 Å². The van der Waals surface area contributed by atoms with Crippen LogP contribution in [0.1, 0.15) is 30.3 Å². The highest BCUT2D eigenvalue weighted by Gasteiger charge is 2.23.